The van der Waals surface area contributed by atoms with E-state index in [0.717, 1.165) is 36.5 Å². The van der Waals surface area contributed by atoms with Gasteiger partial charge in [0.2, 0.25) is 0 Å². The molecule has 0 bridgehead atoms. The number of hydrogen-bond acceptors (Lipinski definition) is 4. The highest BCUT2D eigenvalue weighted by atomic mass is 127. The van der Waals surface area contributed by atoms with Crippen LogP contribution >= 0.6 is 35.7 Å². The molecule has 0 spiro atoms. The highest BCUT2D eigenvalue weighted by Gasteiger charge is 2.25. The monoisotopic (exact) mass is 512 g/mol. The van der Waals surface area contributed by atoms with Crippen molar-refractivity contribution in [2.45, 2.75) is 24.8 Å². The molecule has 152 valence electrons. The Labute approximate surface area is 188 Å². The summed E-state index contributed by atoms with van der Waals surface area (Å²) in [7, 11) is 1.98. The molecule has 0 saturated carbocycles. The topological polar surface area (TPSA) is 58.3 Å². The number of benzene rings is 1. The Hall–Kier alpha value is -1.55. The third kappa shape index (κ3) is 6.23. The summed E-state index contributed by atoms with van der Waals surface area (Å²) < 4.78 is 1.98. The molecule has 0 aliphatic carbocycles. The lowest BCUT2D eigenvalue weighted by atomic mass is 10.2. The Balaban J connectivity index is 0.00000280. The van der Waals surface area contributed by atoms with Gasteiger partial charge in [0, 0.05) is 37.3 Å². The minimum atomic E-state index is 0. The van der Waals surface area contributed by atoms with Crippen molar-refractivity contribution in [2.75, 3.05) is 25.4 Å². The Morgan fingerprint density at radius 2 is 2.14 bits per heavy atom. The van der Waals surface area contributed by atoms with Crippen LogP contribution < -0.4 is 5.32 Å². The number of guanidine groups is 1. The van der Waals surface area contributed by atoms with Crippen molar-refractivity contribution in [3.05, 3.63) is 54.6 Å². The molecule has 3 rings (SSSR count). The van der Waals surface area contributed by atoms with Crippen molar-refractivity contribution in [1.29, 1.82) is 0 Å². The first-order valence-corrected chi connectivity index (χ1v) is 10.3. The lowest BCUT2D eigenvalue weighted by molar-refractivity contribution is 0.475. The first-order valence-electron chi connectivity index (χ1n) is 9.34. The quantitative estimate of drug-likeness (QED) is 0.203. The van der Waals surface area contributed by atoms with E-state index in [-0.39, 0.29) is 24.0 Å². The van der Waals surface area contributed by atoms with Crippen LogP contribution in [0.5, 0.6) is 0 Å². The number of hydrogen-bond donors (Lipinski definition) is 1. The maximum Gasteiger partial charge on any atom is 0.194 e. The van der Waals surface area contributed by atoms with Crippen LogP contribution in [0.4, 0.5) is 0 Å². The molecule has 1 unspecified atom stereocenters. The summed E-state index contributed by atoms with van der Waals surface area (Å²) >= 11 is 1.94. The molecule has 1 saturated heterocycles. The first-order chi connectivity index (χ1) is 13.2. The molecule has 6 nitrogen and oxygen atoms in total. The third-order valence-corrected chi connectivity index (χ3v) is 6.02. The van der Waals surface area contributed by atoms with Gasteiger partial charge in [-0.15, -0.1) is 52.5 Å². The van der Waals surface area contributed by atoms with E-state index in [1.165, 1.54) is 11.3 Å². The van der Waals surface area contributed by atoms with E-state index in [9.17, 15) is 0 Å². The minimum absolute atomic E-state index is 0. The van der Waals surface area contributed by atoms with E-state index in [4.69, 9.17) is 4.99 Å². The summed E-state index contributed by atoms with van der Waals surface area (Å²) in [5.41, 5.74) is 0. The number of aryl methyl sites for hydroxylation is 1. The van der Waals surface area contributed by atoms with E-state index >= 15 is 0 Å². The smallest absolute Gasteiger partial charge is 0.194 e. The maximum absolute atomic E-state index is 4.79. The summed E-state index contributed by atoms with van der Waals surface area (Å²) in [6.45, 7) is 9.04. The van der Waals surface area contributed by atoms with Crippen LogP contribution in [-0.2, 0) is 13.6 Å². The van der Waals surface area contributed by atoms with Crippen molar-refractivity contribution in [1.82, 2.24) is 25.0 Å². The largest absolute Gasteiger partial charge is 0.353 e. The van der Waals surface area contributed by atoms with Crippen molar-refractivity contribution >= 4 is 41.7 Å². The van der Waals surface area contributed by atoms with Crippen LogP contribution in [0.1, 0.15) is 18.1 Å². The number of aliphatic imine (C=N–C) groups is 1. The fraction of sp³-hybridized carbons (Fsp3) is 0.450. The van der Waals surface area contributed by atoms with E-state index in [1.54, 1.807) is 0 Å². The number of likely N-dealkylation sites (tertiary alicyclic amines) is 1. The fourth-order valence-corrected chi connectivity index (χ4v) is 4.11. The summed E-state index contributed by atoms with van der Waals surface area (Å²) in [4.78, 5) is 8.48. The molecule has 8 heteroatoms. The molecule has 0 radical (unpaired) electrons. The van der Waals surface area contributed by atoms with Gasteiger partial charge in [0.15, 0.2) is 11.8 Å². The van der Waals surface area contributed by atoms with E-state index < -0.39 is 0 Å². The molecular weight excluding hydrogens is 483 g/mol. The maximum atomic E-state index is 4.79. The van der Waals surface area contributed by atoms with Gasteiger partial charge < -0.3 is 14.8 Å². The molecular formula is C20H29IN6S. The summed E-state index contributed by atoms with van der Waals surface area (Å²) in [5, 5.41) is 11.7. The molecule has 1 fully saturated rings. The van der Waals surface area contributed by atoms with Crippen LogP contribution in [0.3, 0.4) is 0 Å². The van der Waals surface area contributed by atoms with Crippen molar-refractivity contribution in [2.24, 2.45) is 18.0 Å². The zero-order chi connectivity index (χ0) is 19.1. The highest BCUT2D eigenvalue weighted by molar-refractivity contribution is 14.0. The van der Waals surface area contributed by atoms with Crippen LogP contribution in [0, 0.1) is 12.8 Å². The average Bonchev–Trinajstić information content (AvgIpc) is 3.29. The van der Waals surface area contributed by atoms with Gasteiger partial charge in [-0.25, -0.2) is 4.99 Å². The van der Waals surface area contributed by atoms with Gasteiger partial charge in [0.1, 0.15) is 12.4 Å². The van der Waals surface area contributed by atoms with Gasteiger partial charge in [-0.05, 0) is 31.4 Å². The Morgan fingerprint density at radius 1 is 1.36 bits per heavy atom. The molecule has 2 aromatic rings. The second-order valence-electron chi connectivity index (χ2n) is 6.76. The van der Waals surface area contributed by atoms with Crippen LogP contribution in [0.25, 0.3) is 0 Å². The fourth-order valence-electron chi connectivity index (χ4n) is 3.06. The second-order valence-corrected chi connectivity index (χ2v) is 7.85. The van der Waals surface area contributed by atoms with Gasteiger partial charge in [-0.1, -0.05) is 24.3 Å². The van der Waals surface area contributed by atoms with Gasteiger partial charge in [-0.2, -0.15) is 0 Å². The zero-order valence-corrected chi connectivity index (χ0v) is 19.7. The second kappa shape index (κ2) is 11.5. The summed E-state index contributed by atoms with van der Waals surface area (Å²) in [6.07, 6.45) is 3.05. The molecule has 28 heavy (non-hydrogen) atoms. The Bertz CT molecular complexity index is 776. The minimum Gasteiger partial charge on any atom is -0.353 e. The number of rotatable bonds is 7. The Kier molecular flexibility index (Phi) is 9.30. The molecule has 1 aromatic heterocycles. The molecule has 1 aliphatic heterocycles. The SMILES string of the molecule is C=CCNC(=NCc1nnc(C)n1C)N1CCC(CSc2ccccc2)C1.I. The standard InChI is InChI=1S/C20H28N6S.HI/c1-4-11-21-20(22-13-19-24-23-16(2)25(19)3)26-12-10-17(14-26)15-27-18-8-6-5-7-9-18;/h4-9,17H,1,10-15H2,2-3H3,(H,21,22);1H. The van der Waals surface area contributed by atoms with E-state index in [1.807, 2.05) is 36.4 Å². The summed E-state index contributed by atoms with van der Waals surface area (Å²) in [5.74, 6) is 4.52. The highest BCUT2D eigenvalue weighted by Crippen LogP contribution is 2.25. The summed E-state index contributed by atoms with van der Waals surface area (Å²) in [6, 6.07) is 10.6. The number of nitrogens with zero attached hydrogens (tertiary/aromatic N) is 5. The first kappa shape index (κ1) is 22.7. The Morgan fingerprint density at radius 3 is 2.82 bits per heavy atom. The zero-order valence-electron chi connectivity index (χ0n) is 16.5. The molecule has 2 heterocycles. The lowest BCUT2D eigenvalue weighted by Crippen LogP contribution is -2.40. The number of thioether (sulfide) groups is 1. The van der Waals surface area contributed by atoms with Crippen molar-refractivity contribution < 1.29 is 0 Å². The molecule has 0 amide bonds. The molecule has 1 atom stereocenters. The van der Waals surface area contributed by atoms with Crippen LogP contribution in [0.15, 0.2) is 52.9 Å². The van der Waals surface area contributed by atoms with Gasteiger partial charge in [0.05, 0.1) is 0 Å². The van der Waals surface area contributed by atoms with Crippen LogP contribution in [0.2, 0.25) is 0 Å². The molecule has 1 aliphatic rings. The lowest BCUT2D eigenvalue weighted by Gasteiger charge is -2.21. The van der Waals surface area contributed by atoms with Crippen LogP contribution in [-0.4, -0.2) is 51.0 Å². The number of halogens is 1. The van der Waals surface area contributed by atoms with Gasteiger partial charge in [0.25, 0.3) is 0 Å². The predicted molar refractivity (Wildman–Crippen MR) is 127 cm³/mol. The number of aromatic nitrogens is 3. The normalized spacial score (nSPS) is 16.7. The van der Waals surface area contributed by atoms with E-state index in [0.29, 0.717) is 19.0 Å². The van der Waals surface area contributed by atoms with E-state index in [2.05, 4.69) is 57.3 Å². The van der Waals surface area contributed by atoms with Gasteiger partial charge in [-0.3, -0.25) is 0 Å². The molecule has 1 aromatic carbocycles. The van der Waals surface area contributed by atoms with Crippen molar-refractivity contribution in [3.63, 3.8) is 0 Å². The predicted octanol–water partition coefficient (Wildman–Crippen LogP) is 3.49. The average molecular weight is 512 g/mol. The third-order valence-electron chi connectivity index (χ3n) is 4.77. The van der Waals surface area contributed by atoms with Crippen molar-refractivity contribution in [3.8, 4) is 0 Å². The van der Waals surface area contributed by atoms with Gasteiger partial charge >= 0.3 is 0 Å². The molecule has 1 N–H and O–H groups in total. The number of nitrogens with one attached hydrogen (secondary N) is 1.